The van der Waals surface area contributed by atoms with Gasteiger partial charge in [-0.1, -0.05) is 0 Å². The van der Waals surface area contributed by atoms with Gasteiger partial charge in [-0.15, -0.1) is 11.3 Å². The van der Waals surface area contributed by atoms with Gasteiger partial charge in [0, 0.05) is 43.5 Å². The number of carbonyl (C=O) groups excluding carboxylic acids is 1. The molecule has 4 rings (SSSR count). The highest BCUT2D eigenvalue weighted by Crippen LogP contribution is 2.43. The summed E-state index contributed by atoms with van der Waals surface area (Å²) in [5.74, 6) is 0.563. The minimum Gasteiger partial charge on any atom is -0.348 e. The van der Waals surface area contributed by atoms with Crippen molar-refractivity contribution in [2.45, 2.75) is 38.0 Å². The normalized spacial score (nSPS) is 21.9. The summed E-state index contributed by atoms with van der Waals surface area (Å²) in [6, 6.07) is 0. The number of carbonyl (C=O) groups is 1. The Hall–Kier alpha value is -2.22. The van der Waals surface area contributed by atoms with Crippen LogP contribution in [0, 0.1) is 6.92 Å². The van der Waals surface area contributed by atoms with E-state index in [9.17, 15) is 9.59 Å². The van der Waals surface area contributed by atoms with E-state index in [1.807, 2.05) is 36.2 Å². The summed E-state index contributed by atoms with van der Waals surface area (Å²) in [6.07, 6.45) is 3.47. The average molecular weight is 373 g/mol. The zero-order valence-electron chi connectivity index (χ0n) is 15.3. The standard InChI is InChI=1S/C18H23N5O2S/c1-11-19-13(9-26-11)16(25)23-8-4-6-18(10-23)7-5-12-14(18)20-17(22(2)3)21-15(12)24/h9H,4-8,10H2,1-3H3,(H,20,21,24). The minimum atomic E-state index is -0.215. The van der Waals surface area contributed by atoms with Crippen molar-refractivity contribution in [1.29, 1.82) is 0 Å². The first-order valence-electron chi connectivity index (χ1n) is 8.92. The number of likely N-dealkylation sites (tertiary alicyclic amines) is 1. The van der Waals surface area contributed by atoms with E-state index in [1.165, 1.54) is 11.3 Å². The molecule has 26 heavy (non-hydrogen) atoms. The average Bonchev–Trinajstić information content (AvgIpc) is 3.19. The molecule has 1 saturated heterocycles. The largest absolute Gasteiger partial charge is 0.348 e. The van der Waals surface area contributed by atoms with Gasteiger partial charge >= 0.3 is 0 Å². The maximum atomic E-state index is 12.9. The SMILES string of the molecule is Cc1nc(C(=O)N2CCCC3(CCc4c3nc(N(C)C)[nH]c4=O)C2)cs1. The van der Waals surface area contributed by atoms with Crippen LogP contribution in [0.4, 0.5) is 5.95 Å². The Balaban J connectivity index is 1.69. The Morgan fingerprint density at radius 2 is 2.15 bits per heavy atom. The first-order valence-corrected chi connectivity index (χ1v) is 9.80. The topological polar surface area (TPSA) is 82.2 Å². The van der Waals surface area contributed by atoms with Crippen LogP contribution >= 0.6 is 11.3 Å². The molecular weight excluding hydrogens is 350 g/mol. The van der Waals surface area contributed by atoms with Crippen molar-refractivity contribution in [2.75, 3.05) is 32.1 Å². The molecular formula is C18H23N5O2S. The number of aromatic amines is 1. The third-order valence-corrected chi connectivity index (χ3v) is 6.26. The molecule has 1 unspecified atom stereocenters. The Morgan fingerprint density at radius 3 is 2.85 bits per heavy atom. The van der Waals surface area contributed by atoms with Crippen LogP contribution in [0.3, 0.4) is 0 Å². The molecule has 0 saturated carbocycles. The van der Waals surface area contributed by atoms with Crippen molar-refractivity contribution in [3.63, 3.8) is 0 Å². The van der Waals surface area contributed by atoms with E-state index in [0.29, 0.717) is 18.2 Å². The van der Waals surface area contributed by atoms with Crippen LogP contribution in [0.25, 0.3) is 0 Å². The number of aromatic nitrogens is 3. The predicted molar refractivity (Wildman–Crippen MR) is 101 cm³/mol. The van der Waals surface area contributed by atoms with Crippen molar-refractivity contribution in [2.24, 2.45) is 0 Å². The molecule has 1 aliphatic heterocycles. The molecule has 8 heteroatoms. The van der Waals surface area contributed by atoms with Gasteiger partial charge in [0.05, 0.1) is 10.7 Å². The molecule has 0 radical (unpaired) electrons. The molecule has 2 aliphatic rings. The van der Waals surface area contributed by atoms with Gasteiger partial charge in [0.1, 0.15) is 5.69 Å². The van der Waals surface area contributed by atoms with E-state index in [0.717, 1.165) is 48.5 Å². The molecule has 1 atom stereocenters. The summed E-state index contributed by atoms with van der Waals surface area (Å²) in [4.78, 5) is 41.1. The van der Waals surface area contributed by atoms with Crippen molar-refractivity contribution in [1.82, 2.24) is 19.9 Å². The van der Waals surface area contributed by atoms with E-state index >= 15 is 0 Å². The van der Waals surface area contributed by atoms with Gasteiger partial charge in [-0.2, -0.15) is 0 Å². The van der Waals surface area contributed by atoms with Gasteiger partial charge < -0.3 is 9.80 Å². The van der Waals surface area contributed by atoms with Crippen molar-refractivity contribution < 1.29 is 4.79 Å². The molecule has 0 bridgehead atoms. The fraction of sp³-hybridized carbons (Fsp3) is 0.556. The molecule has 1 spiro atoms. The number of fused-ring (bicyclic) bond motifs is 2. The number of hydrogen-bond donors (Lipinski definition) is 1. The molecule has 0 aromatic carbocycles. The second kappa shape index (κ2) is 6.19. The number of H-pyrrole nitrogens is 1. The number of anilines is 1. The summed E-state index contributed by atoms with van der Waals surface area (Å²) in [6.45, 7) is 3.25. The number of amides is 1. The highest BCUT2D eigenvalue weighted by molar-refractivity contribution is 7.09. The summed E-state index contributed by atoms with van der Waals surface area (Å²) in [5.41, 5.74) is 1.93. The van der Waals surface area contributed by atoms with Gasteiger partial charge in [-0.25, -0.2) is 9.97 Å². The molecule has 7 nitrogen and oxygen atoms in total. The number of nitrogens with one attached hydrogen (secondary N) is 1. The maximum Gasteiger partial charge on any atom is 0.273 e. The number of thiazole rings is 1. The van der Waals surface area contributed by atoms with Crippen LogP contribution in [-0.2, 0) is 11.8 Å². The molecule has 2 aromatic rings. The Bertz CT molecular complexity index is 919. The van der Waals surface area contributed by atoms with Gasteiger partial charge in [0.25, 0.3) is 11.5 Å². The van der Waals surface area contributed by atoms with Crippen molar-refractivity contribution in [3.8, 4) is 0 Å². The number of piperidine rings is 1. The van der Waals surface area contributed by atoms with Gasteiger partial charge in [-0.05, 0) is 32.6 Å². The second-order valence-corrected chi connectivity index (χ2v) is 8.54. The van der Waals surface area contributed by atoms with Crippen molar-refractivity contribution in [3.05, 3.63) is 37.7 Å². The quantitative estimate of drug-likeness (QED) is 0.867. The zero-order chi connectivity index (χ0) is 18.5. The molecule has 3 heterocycles. The fourth-order valence-corrected chi connectivity index (χ4v) is 4.76. The Kier molecular flexibility index (Phi) is 4.10. The van der Waals surface area contributed by atoms with Crippen LogP contribution in [0.15, 0.2) is 10.2 Å². The van der Waals surface area contributed by atoms with Crippen molar-refractivity contribution >= 4 is 23.2 Å². The first-order chi connectivity index (χ1) is 12.4. The van der Waals surface area contributed by atoms with E-state index in [1.54, 1.807) is 0 Å². The number of rotatable bonds is 2. The van der Waals surface area contributed by atoms with E-state index < -0.39 is 0 Å². The summed E-state index contributed by atoms with van der Waals surface area (Å²) in [7, 11) is 3.74. The zero-order valence-corrected chi connectivity index (χ0v) is 16.2. The number of hydrogen-bond acceptors (Lipinski definition) is 6. The minimum absolute atomic E-state index is 0.0143. The summed E-state index contributed by atoms with van der Waals surface area (Å²) < 4.78 is 0. The van der Waals surface area contributed by atoms with Gasteiger partial charge in [0.2, 0.25) is 5.95 Å². The van der Waals surface area contributed by atoms with Crippen LogP contribution in [0.2, 0.25) is 0 Å². The van der Waals surface area contributed by atoms with Crippen LogP contribution < -0.4 is 10.5 Å². The molecule has 1 aliphatic carbocycles. The number of aryl methyl sites for hydroxylation is 1. The van der Waals surface area contributed by atoms with Crippen LogP contribution in [0.1, 0.15) is 46.0 Å². The lowest BCUT2D eigenvalue weighted by Gasteiger charge is -2.40. The summed E-state index contributed by atoms with van der Waals surface area (Å²) in [5, 5.41) is 2.73. The van der Waals surface area contributed by atoms with Gasteiger partial charge in [0.15, 0.2) is 0 Å². The third kappa shape index (κ3) is 2.72. The van der Waals surface area contributed by atoms with E-state index in [2.05, 4.69) is 9.97 Å². The molecule has 138 valence electrons. The third-order valence-electron chi connectivity index (χ3n) is 5.48. The lowest BCUT2D eigenvalue weighted by atomic mass is 9.77. The Labute approximate surface area is 156 Å². The fourth-order valence-electron chi connectivity index (χ4n) is 4.18. The van der Waals surface area contributed by atoms with Crippen LogP contribution in [0.5, 0.6) is 0 Å². The highest BCUT2D eigenvalue weighted by atomic mass is 32.1. The first kappa shape index (κ1) is 17.2. The lowest BCUT2D eigenvalue weighted by Crippen LogP contribution is -2.48. The molecule has 2 aromatic heterocycles. The Morgan fingerprint density at radius 1 is 1.35 bits per heavy atom. The lowest BCUT2D eigenvalue weighted by molar-refractivity contribution is 0.0628. The number of nitrogens with zero attached hydrogens (tertiary/aromatic N) is 4. The molecule has 1 N–H and O–H groups in total. The summed E-state index contributed by atoms with van der Waals surface area (Å²) >= 11 is 1.49. The van der Waals surface area contributed by atoms with E-state index in [4.69, 9.17) is 4.98 Å². The molecule has 1 fully saturated rings. The monoisotopic (exact) mass is 373 g/mol. The molecule has 1 amide bonds. The maximum absolute atomic E-state index is 12.9. The predicted octanol–water partition coefficient (Wildman–Crippen LogP) is 1.72. The van der Waals surface area contributed by atoms with Crippen LogP contribution in [-0.4, -0.2) is 52.9 Å². The smallest absolute Gasteiger partial charge is 0.273 e. The second-order valence-electron chi connectivity index (χ2n) is 7.47. The highest BCUT2D eigenvalue weighted by Gasteiger charge is 2.46. The van der Waals surface area contributed by atoms with Gasteiger partial charge in [-0.3, -0.25) is 14.6 Å². The van der Waals surface area contributed by atoms with E-state index in [-0.39, 0.29) is 16.9 Å².